The summed E-state index contributed by atoms with van der Waals surface area (Å²) in [6.45, 7) is 10.9. The van der Waals surface area contributed by atoms with Gasteiger partial charge in [0.1, 0.15) is 11.1 Å². The zero-order valence-corrected chi connectivity index (χ0v) is 9.97. The number of hydroxylamine groups is 2. The number of carbonyl (C=O) groups is 1. The van der Waals surface area contributed by atoms with Crippen molar-refractivity contribution in [1.82, 2.24) is 0 Å². The summed E-state index contributed by atoms with van der Waals surface area (Å²) in [5, 5.41) is 9.73. The fourth-order valence-electron chi connectivity index (χ4n) is 0.779. The smallest absolute Gasteiger partial charge is 0.365 e. The lowest BCUT2D eigenvalue weighted by Gasteiger charge is -2.26. The Morgan fingerprint density at radius 1 is 1.21 bits per heavy atom. The highest BCUT2D eigenvalue weighted by Gasteiger charge is 2.28. The first-order chi connectivity index (χ1) is 6.02. The number of ether oxygens (including phenoxy) is 1. The molecule has 14 heavy (non-hydrogen) atoms. The largest absolute Gasteiger partial charge is 0.456 e. The molecule has 0 aliphatic rings. The molecule has 4 nitrogen and oxygen atoms in total. The van der Waals surface area contributed by atoms with E-state index in [1.54, 1.807) is 20.8 Å². The molecule has 84 valence electrons. The predicted octanol–water partition coefficient (Wildman–Crippen LogP) is 0.401. The number of esters is 1. The Kier molecular flexibility index (Phi) is 4.09. The maximum absolute atomic E-state index is 11.3. The summed E-state index contributed by atoms with van der Waals surface area (Å²) >= 11 is 0. The average Bonchev–Trinajstić information content (AvgIpc) is 1.79. The van der Waals surface area contributed by atoms with E-state index in [1.807, 2.05) is 20.8 Å². The maximum Gasteiger partial charge on any atom is 0.365 e. The number of rotatable bonds is 2. The van der Waals surface area contributed by atoms with E-state index in [1.165, 1.54) is 0 Å². The van der Waals surface area contributed by atoms with E-state index in [2.05, 4.69) is 0 Å². The summed E-state index contributed by atoms with van der Waals surface area (Å²) < 4.78 is 5.08. The molecule has 0 spiro atoms. The van der Waals surface area contributed by atoms with Gasteiger partial charge in [-0.1, -0.05) is 0 Å². The lowest BCUT2D eigenvalue weighted by molar-refractivity contribution is -1.12. The second-order valence-electron chi connectivity index (χ2n) is 5.46. The van der Waals surface area contributed by atoms with Gasteiger partial charge in [-0.15, -0.1) is 0 Å². The molecule has 0 saturated carbocycles. The first-order valence-corrected chi connectivity index (χ1v) is 4.79. The number of hydrogen-bond donors (Lipinski definition) is 2. The molecule has 0 radical (unpaired) electrons. The van der Waals surface area contributed by atoms with Crippen molar-refractivity contribution >= 4 is 5.97 Å². The second kappa shape index (κ2) is 4.28. The number of quaternary nitrogens is 1. The zero-order chi connectivity index (χ0) is 11.6. The summed E-state index contributed by atoms with van der Waals surface area (Å²) in [5.41, 5.74) is -0.855. The van der Waals surface area contributed by atoms with Crippen LogP contribution in [0.4, 0.5) is 0 Å². The minimum absolute atomic E-state index is 0.0270. The lowest BCUT2D eigenvalue weighted by Crippen LogP contribution is -3.17. The van der Waals surface area contributed by atoms with Gasteiger partial charge in [0, 0.05) is 0 Å². The SMILES string of the molecule is CC(C)(C)OC(=O)C[NH+](O)C(C)(C)C. The Balaban J connectivity index is 4.09. The van der Waals surface area contributed by atoms with E-state index in [9.17, 15) is 10.0 Å². The van der Waals surface area contributed by atoms with Crippen LogP contribution >= 0.6 is 0 Å². The Labute approximate surface area is 85.8 Å². The fraction of sp³-hybridized carbons (Fsp3) is 0.900. The molecule has 0 saturated heterocycles. The third-order valence-electron chi connectivity index (χ3n) is 1.60. The molecule has 0 rings (SSSR count). The molecular weight excluding hydrogens is 182 g/mol. The Bertz CT molecular complexity index is 200. The van der Waals surface area contributed by atoms with Crippen LogP contribution in [0.3, 0.4) is 0 Å². The number of hydrogen-bond acceptors (Lipinski definition) is 3. The van der Waals surface area contributed by atoms with Crippen LogP contribution in [-0.2, 0) is 9.53 Å². The van der Waals surface area contributed by atoms with Crippen molar-refractivity contribution in [3.8, 4) is 0 Å². The second-order valence-corrected chi connectivity index (χ2v) is 5.46. The Morgan fingerprint density at radius 2 is 1.64 bits per heavy atom. The van der Waals surface area contributed by atoms with Crippen LogP contribution in [0.2, 0.25) is 0 Å². The van der Waals surface area contributed by atoms with Crippen LogP contribution in [0.15, 0.2) is 0 Å². The van der Waals surface area contributed by atoms with E-state index in [0.29, 0.717) is 0 Å². The molecule has 0 aromatic heterocycles. The average molecular weight is 204 g/mol. The molecule has 0 aliphatic carbocycles. The van der Waals surface area contributed by atoms with Gasteiger partial charge in [-0.25, -0.2) is 10.0 Å². The molecule has 4 heteroatoms. The van der Waals surface area contributed by atoms with Crippen LogP contribution in [0.1, 0.15) is 41.5 Å². The van der Waals surface area contributed by atoms with Crippen LogP contribution in [0.5, 0.6) is 0 Å². The van der Waals surface area contributed by atoms with Gasteiger partial charge in [-0.2, -0.15) is 5.06 Å². The molecule has 1 unspecified atom stereocenters. The number of nitrogens with one attached hydrogen (secondary N) is 1. The molecular formula is C10H22NO3+. The summed E-state index contributed by atoms with van der Waals surface area (Å²) in [6.07, 6.45) is 0. The van der Waals surface area contributed by atoms with Gasteiger partial charge in [0.2, 0.25) is 6.54 Å². The minimum atomic E-state index is -0.491. The summed E-state index contributed by atoms with van der Waals surface area (Å²) in [7, 11) is 0. The normalized spacial score (nSPS) is 15.1. The Morgan fingerprint density at radius 3 is 1.93 bits per heavy atom. The van der Waals surface area contributed by atoms with Gasteiger partial charge in [0.15, 0.2) is 0 Å². The molecule has 0 heterocycles. The van der Waals surface area contributed by atoms with Crippen LogP contribution in [-0.4, -0.2) is 28.9 Å². The highest BCUT2D eigenvalue weighted by atomic mass is 16.6. The maximum atomic E-state index is 11.3. The van der Waals surface area contributed by atoms with Crippen molar-refractivity contribution in [2.75, 3.05) is 6.54 Å². The first kappa shape index (κ1) is 13.4. The van der Waals surface area contributed by atoms with Gasteiger partial charge in [-0.05, 0) is 41.5 Å². The van der Waals surface area contributed by atoms with E-state index in [4.69, 9.17) is 4.74 Å². The van der Waals surface area contributed by atoms with E-state index < -0.39 is 5.60 Å². The predicted molar refractivity (Wildman–Crippen MR) is 53.2 cm³/mol. The van der Waals surface area contributed by atoms with Gasteiger partial charge >= 0.3 is 5.97 Å². The monoisotopic (exact) mass is 204 g/mol. The highest BCUT2D eigenvalue weighted by molar-refractivity contribution is 5.70. The van der Waals surface area contributed by atoms with Crippen LogP contribution in [0, 0.1) is 0 Å². The third-order valence-corrected chi connectivity index (χ3v) is 1.60. The van der Waals surface area contributed by atoms with Gasteiger partial charge < -0.3 is 4.74 Å². The van der Waals surface area contributed by atoms with Crippen molar-refractivity contribution in [2.45, 2.75) is 52.7 Å². The zero-order valence-electron chi connectivity index (χ0n) is 9.97. The molecule has 0 aliphatic heterocycles. The van der Waals surface area contributed by atoms with E-state index in [-0.39, 0.29) is 23.1 Å². The summed E-state index contributed by atoms with van der Waals surface area (Å²) in [5.74, 6) is -0.384. The molecule has 0 aromatic rings. The molecule has 0 bridgehead atoms. The van der Waals surface area contributed by atoms with Crippen molar-refractivity contribution < 1.29 is 19.8 Å². The fourth-order valence-corrected chi connectivity index (χ4v) is 0.779. The van der Waals surface area contributed by atoms with Crippen LogP contribution < -0.4 is 5.06 Å². The standard InChI is InChI=1S/C10H21NO3/c1-9(2,3)11(13)7-8(12)14-10(4,5)6/h13H,7H2,1-6H3/p+1. The van der Waals surface area contributed by atoms with Crippen molar-refractivity contribution in [1.29, 1.82) is 0 Å². The number of carbonyl (C=O) groups excluding carboxylic acids is 1. The third kappa shape index (κ3) is 5.94. The molecule has 0 aromatic carbocycles. The molecule has 2 N–H and O–H groups in total. The summed E-state index contributed by atoms with van der Waals surface area (Å²) in [4.78, 5) is 11.3. The Hall–Kier alpha value is -0.610. The van der Waals surface area contributed by atoms with Gasteiger partial charge in [0.05, 0.1) is 0 Å². The highest BCUT2D eigenvalue weighted by Crippen LogP contribution is 2.06. The van der Waals surface area contributed by atoms with Crippen molar-refractivity contribution in [3.05, 3.63) is 0 Å². The minimum Gasteiger partial charge on any atom is -0.456 e. The molecule has 1 atom stereocenters. The first-order valence-electron chi connectivity index (χ1n) is 4.79. The summed E-state index contributed by atoms with van der Waals surface area (Å²) in [6, 6.07) is 0. The van der Waals surface area contributed by atoms with Crippen LogP contribution in [0.25, 0.3) is 0 Å². The quantitative estimate of drug-likeness (QED) is 0.506. The molecule has 0 amide bonds. The van der Waals surface area contributed by atoms with Gasteiger partial charge in [0.25, 0.3) is 0 Å². The van der Waals surface area contributed by atoms with Crippen molar-refractivity contribution in [3.63, 3.8) is 0 Å². The lowest BCUT2D eigenvalue weighted by atomic mass is 10.1. The van der Waals surface area contributed by atoms with E-state index in [0.717, 1.165) is 0 Å². The van der Waals surface area contributed by atoms with Crippen molar-refractivity contribution in [2.24, 2.45) is 0 Å². The topological polar surface area (TPSA) is 51.0 Å². The van der Waals surface area contributed by atoms with E-state index >= 15 is 0 Å². The van der Waals surface area contributed by atoms with Gasteiger partial charge in [-0.3, -0.25) is 0 Å². The molecule has 0 fully saturated rings.